The number of hydrogen-bond acceptors (Lipinski definition) is 3. The Balaban J connectivity index is 2.55. The first-order chi connectivity index (χ1) is 8.27. The molecule has 0 heterocycles. The summed E-state index contributed by atoms with van der Waals surface area (Å²) in [5, 5.41) is 3.16. The number of allylic oxidation sites excluding steroid dienone is 1. The zero-order valence-corrected chi connectivity index (χ0v) is 10.3. The number of rotatable bonds is 6. The predicted octanol–water partition coefficient (Wildman–Crippen LogP) is 2.28. The minimum absolute atomic E-state index is 0.259. The van der Waals surface area contributed by atoms with E-state index in [1.54, 1.807) is 0 Å². The lowest BCUT2D eigenvalue weighted by Gasteiger charge is -2.12. The van der Waals surface area contributed by atoms with E-state index in [1.807, 2.05) is 49.4 Å². The Hall–Kier alpha value is -1.61. The fourth-order valence-electron chi connectivity index (χ4n) is 1.45. The Morgan fingerprint density at radius 1 is 1.41 bits per heavy atom. The van der Waals surface area contributed by atoms with E-state index in [-0.39, 0.29) is 12.0 Å². The lowest BCUT2D eigenvalue weighted by Crippen LogP contribution is -2.35. The number of methoxy groups -OCH3 is 1. The zero-order chi connectivity index (χ0) is 12.5. The molecule has 1 aromatic carbocycles. The highest BCUT2D eigenvalue weighted by atomic mass is 16.5. The van der Waals surface area contributed by atoms with Crippen LogP contribution in [-0.2, 0) is 16.1 Å². The van der Waals surface area contributed by atoms with Gasteiger partial charge in [0.15, 0.2) is 0 Å². The lowest BCUT2D eigenvalue weighted by atomic mass is 10.2. The number of ether oxygens (including phenoxy) is 1. The Bertz CT molecular complexity index is 360. The highest BCUT2D eigenvalue weighted by Crippen LogP contribution is 2.00. The van der Waals surface area contributed by atoms with Crippen LogP contribution in [0, 0.1) is 0 Å². The summed E-state index contributed by atoms with van der Waals surface area (Å²) in [5.74, 6) is -0.259. The minimum atomic E-state index is -0.375. The van der Waals surface area contributed by atoms with Crippen LogP contribution in [0.1, 0.15) is 18.9 Å². The molecule has 92 valence electrons. The van der Waals surface area contributed by atoms with Crippen LogP contribution < -0.4 is 5.32 Å². The van der Waals surface area contributed by atoms with Gasteiger partial charge in [-0.3, -0.25) is 10.1 Å². The molecule has 1 atom stereocenters. The fourth-order valence-corrected chi connectivity index (χ4v) is 1.45. The van der Waals surface area contributed by atoms with E-state index in [0.29, 0.717) is 6.54 Å². The molecule has 0 bridgehead atoms. The molecule has 0 aliphatic heterocycles. The van der Waals surface area contributed by atoms with Crippen molar-refractivity contribution < 1.29 is 9.53 Å². The van der Waals surface area contributed by atoms with Gasteiger partial charge in [0.05, 0.1) is 7.11 Å². The van der Waals surface area contributed by atoms with Gasteiger partial charge in [-0.25, -0.2) is 0 Å². The van der Waals surface area contributed by atoms with Gasteiger partial charge in [-0.15, -0.1) is 0 Å². The molecule has 0 aromatic heterocycles. The van der Waals surface area contributed by atoms with E-state index < -0.39 is 0 Å². The van der Waals surface area contributed by atoms with Crippen LogP contribution in [0.25, 0.3) is 0 Å². The van der Waals surface area contributed by atoms with Crippen LogP contribution in [0.2, 0.25) is 0 Å². The molecular weight excluding hydrogens is 214 g/mol. The Kier molecular flexibility index (Phi) is 6.04. The maximum atomic E-state index is 11.5. The van der Waals surface area contributed by atoms with Gasteiger partial charge < -0.3 is 4.74 Å². The molecule has 0 unspecified atom stereocenters. The summed E-state index contributed by atoms with van der Waals surface area (Å²) in [4.78, 5) is 11.5. The van der Waals surface area contributed by atoms with Crippen molar-refractivity contribution in [1.82, 2.24) is 5.32 Å². The van der Waals surface area contributed by atoms with Gasteiger partial charge in [0.2, 0.25) is 0 Å². The van der Waals surface area contributed by atoms with Gasteiger partial charge in [-0.1, -0.05) is 49.4 Å². The second-order valence-corrected chi connectivity index (χ2v) is 3.70. The number of carbonyl (C=O) groups excluding carboxylic acids is 1. The first-order valence-electron chi connectivity index (χ1n) is 5.79. The summed E-state index contributed by atoms with van der Waals surface area (Å²) in [6, 6.07) is 9.59. The minimum Gasteiger partial charge on any atom is -0.468 e. The normalized spacial score (nSPS) is 12.6. The number of esters is 1. The summed E-state index contributed by atoms with van der Waals surface area (Å²) < 4.78 is 4.75. The smallest absolute Gasteiger partial charge is 0.326 e. The first kappa shape index (κ1) is 13.5. The van der Waals surface area contributed by atoms with Gasteiger partial charge in [-0.2, -0.15) is 0 Å². The fraction of sp³-hybridized carbons (Fsp3) is 0.357. The second kappa shape index (κ2) is 7.63. The van der Waals surface area contributed by atoms with Crippen molar-refractivity contribution in [2.75, 3.05) is 7.11 Å². The van der Waals surface area contributed by atoms with Gasteiger partial charge in [0, 0.05) is 6.54 Å². The summed E-state index contributed by atoms with van der Waals surface area (Å²) in [5.41, 5.74) is 1.14. The third kappa shape index (κ3) is 4.83. The maximum absolute atomic E-state index is 11.5. The molecular formula is C14H19NO2. The molecule has 1 N–H and O–H groups in total. The molecule has 17 heavy (non-hydrogen) atoms. The Labute approximate surface area is 102 Å². The van der Waals surface area contributed by atoms with Gasteiger partial charge >= 0.3 is 5.97 Å². The average Bonchev–Trinajstić information content (AvgIpc) is 2.39. The molecule has 0 radical (unpaired) electrons. The molecule has 0 amide bonds. The quantitative estimate of drug-likeness (QED) is 0.605. The van der Waals surface area contributed by atoms with Crippen LogP contribution in [0.4, 0.5) is 0 Å². The van der Waals surface area contributed by atoms with Crippen molar-refractivity contribution in [3.63, 3.8) is 0 Å². The van der Waals surface area contributed by atoms with Gasteiger partial charge in [-0.05, 0) is 12.0 Å². The molecule has 1 rings (SSSR count). The van der Waals surface area contributed by atoms with Crippen molar-refractivity contribution in [3.8, 4) is 0 Å². The van der Waals surface area contributed by atoms with Crippen molar-refractivity contribution in [2.24, 2.45) is 0 Å². The third-order valence-corrected chi connectivity index (χ3v) is 2.39. The largest absolute Gasteiger partial charge is 0.468 e. The molecule has 0 spiro atoms. The summed E-state index contributed by atoms with van der Waals surface area (Å²) >= 11 is 0. The van der Waals surface area contributed by atoms with Crippen LogP contribution in [0.15, 0.2) is 42.5 Å². The van der Waals surface area contributed by atoms with E-state index in [2.05, 4.69) is 5.32 Å². The van der Waals surface area contributed by atoms with Gasteiger partial charge in [0.25, 0.3) is 0 Å². The highest BCUT2D eigenvalue weighted by Gasteiger charge is 2.14. The van der Waals surface area contributed by atoms with Crippen molar-refractivity contribution in [3.05, 3.63) is 48.0 Å². The second-order valence-electron chi connectivity index (χ2n) is 3.70. The van der Waals surface area contributed by atoms with E-state index in [1.165, 1.54) is 7.11 Å². The first-order valence-corrected chi connectivity index (χ1v) is 5.79. The average molecular weight is 233 g/mol. The van der Waals surface area contributed by atoms with E-state index >= 15 is 0 Å². The standard InChI is InChI=1S/C14H19NO2/c1-3-4-10-13(14(16)17-2)15-11-12-8-6-5-7-9-12/h4-10,13,15H,3,11H2,1-2H3/b10-4+/t13-/m0/s1. The number of carbonyl (C=O) groups is 1. The monoisotopic (exact) mass is 233 g/mol. The molecule has 0 aliphatic rings. The highest BCUT2D eigenvalue weighted by molar-refractivity contribution is 5.77. The zero-order valence-electron chi connectivity index (χ0n) is 10.3. The Morgan fingerprint density at radius 2 is 2.12 bits per heavy atom. The van der Waals surface area contributed by atoms with Gasteiger partial charge in [0.1, 0.15) is 6.04 Å². The topological polar surface area (TPSA) is 38.3 Å². The summed E-state index contributed by atoms with van der Waals surface area (Å²) in [7, 11) is 1.40. The van der Waals surface area contributed by atoms with Crippen LogP contribution in [0.5, 0.6) is 0 Å². The summed E-state index contributed by atoms with van der Waals surface area (Å²) in [6.07, 6.45) is 4.70. The van der Waals surface area contributed by atoms with E-state index in [4.69, 9.17) is 4.74 Å². The molecule has 0 fully saturated rings. The molecule has 0 saturated carbocycles. The van der Waals surface area contributed by atoms with Crippen LogP contribution >= 0.6 is 0 Å². The molecule has 0 aliphatic carbocycles. The molecule has 0 saturated heterocycles. The predicted molar refractivity (Wildman–Crippen MR) is 68.5 cm³/mol. The summed E-state index contributed by atoms with van der Waals surface area (Å²) in [6.45, 7) is 2.68. The lowest BCUT2D eigenvalue weighted by molar-refractivity contribution is -0.141. The van der Waals surface area contributed by atoms with Crippen LogP contribution in [0.3, 0.4) is 0 Å². The van der Waals surface area contributed by atoms with Crippen LogP contribution in [-0.4, -0.2) is 19.1 Å². The van der Waals surface area contributed by atoms with Crippen molar-refractivity contribution in [1.29, 1.82) is 0 Å². The third-order valence-electron chi connectivity index (χ3n) is 2.39. The van der Waals surface area contributed by atoms with E-state index in [0.717, 1.165) is 12.0 Å². The number of nitrogens with one attached hydrogen (secondary N) is 1. The maximum Gasteiger partial charge on any atom is 0.326 e. The number of hydrogen-bond donors (Lipinski definition) is 1. The Morgan fingerprint density at radius 3 is 2.71 bits per heavy atom. The molecule has 1 aromatic rings. The molecule has 3 nitrogen and oxygen atoms in total. The number of benzene rings is 1. The van der Waals surface area contributed by atoms with Crippen molar-refractivity contribution >= 4 is 5.97 Å². The molecule has 3 heteroatoms. The van der Waals surface area contributed by atoms with Crippen molar-refractivity contribution in [2.45, 2.75) is 25.9 Å². The SMILES string of the molecule is CC/C=C/[C@H](NCc1ccccc1)C(=O)OC. The van der Waals surface area contributed by atoms with E-state index in [9.17, 15) is 4.79 Å².